The van der Waals surface area contributed by atoms with Gasteiger partial charge in [0.2, 0.25) is 0 Å². The molecule has 3 heteroatoms. The molecule has 1 aromatic heterocycles. The van der Waals surface area contributed by atoms with Crippen LogP contribution < -0.4 is 4.74 Å². The molecule has 0 amide bonds. The fourth-order valence-electron chi connectivity index (χ4n) is 1.84. The Morgan fingerprint density at radius 1 is 1.24 bits per heavy atom. The number of benzene rings is 1. The topological polar surface area (TPSA) is 27.1 Å². The van der Waals surface area contributed by atoms with E-state index in [0.29, 0.717) is 6.61 Å². The van der Waals surface area contributed by atoms with E-state index in [0.717, 1.165) is 24.4 Å². The van der Waals surface area contributed by atoms with Gasteiger partial charge < -0.3 is 9.30 Å². The average Bonchev–Trinajstić information content (AvgIpc) is 2.84. The molecule has 1 heterocycles. The van der Waals surface area contributed by atoms with E-state index in [-0.39, 0.29) is 0 Å². The molecule has 2 rings (SSSR count). The number of rotatable bonds is 5. The Morgan fingerprint density at radius 3 is 2.82 bits per heavy atom. The molecule has 0 radical (unpaired) electrons. The Morgan fingerprint density at radius 2 is 2.06 bits per heavy atom. The molecule has 3 nitrogen and oxygen atoms in total. The van der Waals surface area contributed by atoms with Gasteiger partial charge in [-0.25, -0.2) is 4.98 Å². The molecule has 0 N–H and O–H groups in total. The quantitative estimate of drug-likeness (QED) is 0.789. The summed E-state index contributed by atoms with van der Waals surface area (Å²) in [5.74, 6) is 0.971. The van der Waals surface area contributed by atoms with E-state index in [1.165, 1.54) is 5.56 Å². The lowest BCUT2D eigenvalue weighted by Crippen LogP contribution is -2.04. The third kappa shape index (κ3) is 2.67. The predicted molar refractivity (Wildman–Crippen MR) is 68.1 cm³/mol. The van der Waals surface area contributed by atoms with Crippen LogP contribution in [0.15, 0.2) is 36.8 Å². The van der Waals surface area contributed by atoms with E-state index < -0.39 is 0 Å². The van der Waals surface area contributed by atoms with Crippen molar-refractivity contribution >= 4 is 0 Å². The smallest absolute Gasteiger partial charge is 0.130 e. The number of ether oxygens (including phenoxy) is 1. The molecule has 0 aliphatic carbocycles. The standard InChI is InChI=1S/C14H18N2O/c1-3-12-7-5-6-8-14(12)17-10-13-9-15-11-16(13)4-2/h5-9,11H,3-4,10H2,1-2H3. The Labute approximate surface area is 102 Å². The SMILES string of the molecule is CCc1ccccc1OCc1cncn1CC. The Bertz CT molecular complexity index is 477. The second-order valence-corrected chi connectivity index (χ2v) is 3.92. The van der Waals surface area contributed by atoms with Gasteiger partial charge in [0.15, 0.2) is 0 Å². The van der Waals surface area contributed by atoms with Gasteiger partial charge in [0, 0.05) is 6.54 Å². The van der Waals surface area contributed by atoms with Crippen molar-refractivity contribution in [3.05, 3.63) is 48.0 Å². The largest absolute Gasteiger partial charge is 0.487 e. The lowest BCUT2D eigenvalue weighted by atomic mass is 10.1. The van der Waals surface area contributed by atoms with Gasteiger partial charge >= 0.3 is 0 Å². The van der Waals surface area contributed by atoms with Gasteiger partial charge in [-0.05, 0) is 25.0 Å². The zero-order valence-electron chi connectivity index (χ0n) is 10.4. The molecule has 0 bridgehead atoms. The molecule has 1 aromatic carbocycles. The van der Waals surface area contributed by atoms with Gasteiger partial charge in [-0.15, -0.1) is 0 Å². The third-order valence-electron chi connectivity index (χ3n) is 2.87. The number of imidazole rings is 1. The summed E-state index contributed by atoms with van der Waals surface area (Å²) >= 11 is 0. The summed E-state index contributed by atoms with van der Waals surface area (Å²) in [7, 11) is 0. The van der Waals surface area contributed by atoms with Crippen LogP contribution in [-0.4, -0.2) is 9.55 Å². The third-order valence-corrected chi connectivity index (χ3v) is 2.87. The van der Waals surface area contributed by atoms with Gasteiger partial charge in [-0.2, -0.15) is 0 Å². The Kier molecular flexibility index (Phi) is 3.81. The van der Waals surface area contributed by atoms with Crippen molar-refractivity contribution in [3.63, 3.8) is 0 Å². The van der Waals surface area contributed by atoms with E-state index in [1.54, 1.807) is 0 Å². The van der Waals surface area contributed by atoms with Crippen LogP contribution in [0.4, 0.5) is 0 Å². The van der Waals surface area contributed by atoms with E-state index in [4.69, 9.17) is 4.74 Å². The maximum atomic E-state index is 5.85. The van der Waals surface area contributed by atoms with Crippen LogP contribution in [0.5, 0.6) is 5.75 Å². The highest BCUT2D eigenvalue weighted by molar-refractivity contribution is 5.33. The van der Waals surface area contributed by atoms with Gasteiger partial charge in [-0.3, -0.25) is 0 Å². The van der Waals surface area contributed by atoms with Crippen molar-refractivity contribution in [2.24, 2.45) is 0 Å². The second-order valence-electron chi connectivity index (χ2n) is 3.92. The van der Waals surface area contributed by atoms with Gasteiger partial charge in [0.1, 0.15) is 12.4 Å². The van der Waals surface area contributed by atoms with Crippen molar-refractivity contribution in [1.29, 1.82) is 0 Å². The lowest BCUT2D eigenvalue weighted by Gasteiger charge is -2.11. The van der Waals surface area contributed by atoms with Gasteiger partial charge in [0.05, 0.1) is 18.2 Å². The van der Waals surface area contributed by atoms with Crippen molar-refractivity contribution in [1.82, 2.24) is 9.55 Å². The minimum absolute atomic E-state index is 0.574. The molecule has 0 aliphatic rings. The van der Waals surface area contributed by atoms with Crippen LogP contribution in [-0.2, 0) is 19.6 Å². The Hall–Kier alpha value is -1.77. The monoisotopic (exact) mass is 230 g/mol. The van der Waals surface area contributed by atoms with Gasteiger partial charge in [0.25, 0.3) is 0 Å². The summed E-state index contributed by atoms with van der Waals surface area (Å²) in [6, 6.07) is 8.17. The summed E-state index contributed by atoms with van der Waals surface area (Å²) in [4.78, 5) is 4.13. The molecule has 2 aromatic rings. The number of aromatic nitrogens is 2. The minimum Gasteiger partial charge on any atom is -0.487 e. The fourth-order valence-corrected chi connectivity index (χ4v) is 1.84. The predicted octanol–water partition coefficient (Wildman–Crippen LogP) is 3.04. The number of nitrogens with zero attached hydrogens (tertiary/aromatic N) is 2. The molecular weight excluding hydrogens is 212 g/mol. The average molecular weight is 230 g/mol. The van der Waals surface area contributed by atoms with Gasteiger partial charge in [-0.1, -0.05) is 25.1 Å². The van der Waals surface area contributed by atoms with Crippen LogP contribution >= 0.6 is 0 Å². The van der Waals surface area contributed by atoms with Crippen LogP contribution in [0.1, 0.15) is 25.1 Å². The van der Waals surface area contributed by atoms with Crippen molar-refractivity contribution in [2.45, 2.75) is 33.4 Å². The summed E-state index contributed by atoms with van der Waals surface area (Å²) < 4.78 is 7.95. The van der Waals surface area contributed by atoms with E-state index in [2.05, 4.69) is 29.5 Å². The van der Waals surface area contributed by atoms with Crippen LogP contribution in [0.2, 0.25) is 0 Å². The molecule has 0 spiro atoms. The van der Waals surface area contributed by atoms with Crippen LogP contribution in [0.3, 0.4) is 0 Å². The fraction of sp³-hybridized carbons (Fsp3) is 0.357. The first-order chi connectivity index (χ1) is 8.35. The number of aryl methyl sites for hydroxylation is 2. The molecule has 17 heavy (non-hydrogen) atoms. The summed E-state index contributed by atoms with van der Waals surface area (Å²) in [6.45, 7) is 5.74. The zero-order valence-corrected chi connectivity index (χ0v) is 10.4. The molecule has 0 fully saturated rings. The highest BCUT2D eigenvalue weighted by Crippen LogP contribution is 2.19. The maximum Gasteiger partial charge on any atom is 0.130 e. The lowest BCUT2D eigenvalue weighted by molar-refractivity contribution is 0.292. The molecule has 0 saturated carbocycles. The highest BCUT2D eigenvalue weighted by atomic mass is 16.5. The van der Waals surface area contributed by atoms with E-state index >= 15 is 0 Å². The van der Waals surface area contributed by atoms with Crippen molar-refractivity contribution in [2.75, 3.05) is 0 Å². The number of hydrogen-bond donors (Lipinski definition) is 0. The van der Waals surface area contributed by atoms with Crippen molar-refractivity contribution < 1.29 is 4.74 Å². The molecule has 90 valence electrons. The first-order valence-corrected chi connectivity index (χ1v) is 6.04. The zero-order chi connectivity index (χ0) is 12.1. The maximum absolute atomic E-state index is 5.85. The summed E-state index contributed by atoms with van der Waals surface area (Å²) in [5, 5.41) is 0. The van der Waals surface area contributed by atoms with Crippen molar-refractivity contribution in [3.8, 4) is 5.75 Å². The normalized spacial score (nSPS) is 10.5. The summed E-state index contributed by atoms with van der Waals surface area (Å²) in [5.41, 5.74) is 2.36. The molecule has 0 saturated heterocycles. The van der Waals surface area contributed by atoms with E-state index in [9.17, 15) is 0 Å². The second kappa shape index (κ2) is 5.53. The number of hydrogen-bond acceptors (Lipinski definition) is 2. The number of para-hydroxylation sites is 1. The summed E-state index contributed by atoms with van der Waals surface area (Å²) in [6.07, 6.45) is 4.69. The molecular formula is C14H18N2O. The highest BCUT2D eigenvalue weighted by Gasteiger charge is 2.04. The van der Waals surface area contributed by atoms with Crippen LogP contribution in [0.25, 0.3) is 0 Å². The first kappa shape index (κ1) is 11.7. The minimum atomic E-state index is 0.574. The van der Waals surface area contributed by atoms with E-state index in [1.807, 2.05) is 30.7 Å². The molecule has 0 aliphatic heterocycles. The van der Waals surface area contributed by atoms with Crippen LogP contribution in [0, 0.1) is 0 Å². The Balaban J connectivity index is 2.07. The molecule has 0 unspecified atom stereocenters. The first-order valence-electron chi connectivity index (χ1n) is 6.04. The molecule has 0 atom stereocenters.